The summed E-state index contributed by atoms with van der Waals surface area (Å²) in [7, 11) is 0. The van der Waals surface area contributed by atoms with Gasteiger partial charge in [0.05, 0.1) is 32.1 Å². The predicted molar refractivity (Wildman–Crippen MR) is 147 cm³/mol. The Balaban J connectivity index is 1.40. The number of rotatable bonds is 11. The Bertz CT molecular complexity index is 1390. The summed E-state index contributed by atoms with van der Waals surface area (Å²) >= 11 is 0. The van der Waals surface area contributed by atoms with Crippen LogP contribution in [-0.2, 0) is 17.9 Å². The first kappa shape index (κ1) is 26.5. The Morgan fingerprint density at radius 2 is 1.79 bits per heavy atom. The topological polar surface area (TPSA) is 103 Å². The number of ether oxygens (including phenoxy) is 2. The lowest BCUT2D eigenvalue weighted by Gasteiger charge is -2.28. The van der Waals surface area contributed by atoms with E-state index in [1.54, 1.807) is 21.8 Å². The molecular weight excluding hydrogens is 494 g/mol. The molecule has 0 aliphatic carbocycles. The second kappa shape index (κ2) is 12.2. The van der Waals surface area contributed by atoms with Crippen LogP contribution in [0.1, 0.15) is 41.4 Å². The number of fused-ring (bicyclic) bond motifs is 1. The van der Waals surface area contributed by atoms with Gasteiger partial charge in [-0.25, -0.2) is 9.97 Å². The molecule has 0 unspecified atom stereocenters. The van der Waals surface area contributed by atoms with E-state index >= 15 is 0 Å². The van der Waals surface area contributed by atoms with Crippen LogP contribution in [0.25, 0.3) is 22.5 Å². The quantitative estimate of drug-likeness (QED) is 0.292. The van der Waals surface area contributed by atoms with E-state index in [-0.39, 0.29) is 19.1 Å². The summed E-state index contributed by atoms with van der Waals surface area (Å²) < 4.78 is 13.2. The SMILES string of the molecule is CC(C)c1ccc(COc2ccc(-c3c(-c4ccncn4)nn4c3C(=O)N(CCOCCO)CC4)cc2)cc1. The van der Waals surface area contributed by atoms with Crippen molar-refractivity contribution in [3.63, 3.8) is 0 Å². The van der Waals surface area contributed by atoms with Gasteiger partial charge in [0, 0.05) is 24.8 Å². The van der Waals surface area contributed by atoms with Gasteiger partial charge in [-0.2, -0.15) is 5.10 Å². The summed E-state index contributed by atoms with van der Waals surface area (Å²) in [4.78, 5) is 23.8. The molecular formula is C30H33N5O4. The van der Waals surface area contributed by atoms with Crippen molar-refractivity contribution in [3.05, 3.63) is 83.9 Å². The number of hydrogen-bond donors (Lipinski definition) is 1. The van der Waals surface area contributed by atoms with Gasteiger partial charge in [-0.15, -0.1) is 0 Å². The Hall–Kier alpha value is -4.08. The molecule has 0 saturated heterocycles. The summed E-state index contributed by atoms with van der Waals surface area (Å²) in [6, 6.07) is 18.0. The molecule has 1 amide bonds. The lowest BCUT2D eigenvalue weighted by atomic mass is 9.99. The number of amides is 1. The Labute approximate surface area is 228 Å². The van der Waals surface area contributed by atoms with Crippen LogP contribution in [0.15, 0.2) is 67.1 Å². The highest BCUT2D eigenvalue weighted by molar-refractivity contribution is 6.03. The number of aliphatic hydroxyl groups excluding tert-OH is 1. The minimum absolute atomic E-state index is 0.0444. The minimum Gasteiger partial charge on any atom is -0.489 e. The maximum atomic E-state index is 13.6. The largest absolute Gasteiger partial charge is 0.489 e. The lowest BCUT2D eigenvalue weighted by Crippen LogP contribution is -2.42. The Morgan fingerprint density at radius 1 is 1.00 bits per heavy atom. The molecule has 202 valence electrons. The molecule has 2 aromatic heterocycles. The third-order valence-electron chi connectivity index (χ3n) is 6.78. The van der Waals surface area contributed by atoms with E-state index in [9.17, 15) is 4.79 Å². The second-order valence-electron chi connectivity index (χ2n) is 9.73. The van der Waals surface area contributed by atoms with Gasteiger partial charge < -0.3 is 19.5 Å². The smallest absolute Gasteiger partial charge is 0.272 e. The monoisotopic (exact) mass is 527 g/mol. The molecule has 0 bridgehead atoms. The lowest BCUT2D eigenvalue weighted by molar-refractivity contribution is 0.0517. The van der Waals surface area contributed by atoms with Crippen LogP contribution in [0.4, 0.5) is 0 Å². The zero-order valence-electron chi connectivity index (χ0n) is 22.3. The van der Waals surface area contributed by atoms with Gasteiger partial charge in [0.15, 0.2) is 0 Å². The zero-order valence-corrected chi connectivity index (χ0v) is 22.3. The van der Waals surface area contributed by atoms with Gasteiger partial charge in [-0.3, -0.25) is 9.48 Å². The average Bonchev–Trinajstić information content (AvgIpc) is 3.37. The van der Waals surface area contributed by atoms with Gasteiger partial charge >= 0.3 is 0 Å². The van der Waals surface area contributed by atoms with Crippen molar-refractivity contribution < 1.29 is 19.4 Å². The van der Waals surface area contributed by atoms with Crippen LogP contribution in [0, 0.1) is 0 Å². The summed E-state index contributed by atoms with van der Waals surface area (Å²) in [5.74, 6) is 1.13. The van der Waals surface area contributed by atoms with E-state index in [2.05, 4.69) is 48.1 Å². The van der Waals surface area contributed by atoms with E-state index in [4.69, 9.17) is 19.7 Å². The van der Waals surface area contributed by atoms with Crippen molar-refractivity contribution in [2.45, 2.75) is 32.9 Å². The molecule has 2 aromatic carbocycles. The number of benzene rings is 2. The zero-order chi connectivity index (χ0) is 27.2. The highest BCUT2D eigenvalue weighted by Crippen LogP contribution is 2.36. The van der Waals surface area contributed by atoms with Gasteiger partial charge in [-0.1, -0.05) is 50.2 Å². The first-order valence-corrected chi connectivity index (χ1v) is 13.2. The van der Waals surface area contributed by atoms with E-state index in [1.165, 1.54) is 11.9 Å². The molecule has 5 rings (SSSR count). The number of aromatic nitrogens is 4. The molecule has 0 spiro atoms. The molecule has 9 heteroatoms. The van der Waals surface area contributed by atoms with Gasteiger partial charge in [0.1, 0.15) is 30.1 Å². The van der Waals surface area contributed by atoms with Crippen molar-refractivity contribution in [1.29, 1.82) is 0 Å². The number of nitrogens with zero attached hydrogens (tertiary/aromatic N) is 5. The van der Waals surface area contributed by atoms with Crippen LogP contribution in [0.5, 0.6) is 5.75 Å². The third-order valence-corrected chi connectivity index (χ3v) is 6.78. The van der Waals surface area contributed by atoms with E-state index in [0.717, 1.165) is 22.4 Å². The fourth-order valence-corrected chi connectivity index (χ4v) is 4.63. The number of aliphatic hydroxyl groups is 1. The summed E-state index contributed by atoms with van der Waals surface area (Å²) in [5.41, 5.74) is 5.80. The van der Waals surface area contributed by atoms with Crippen molar-refractivity contribution >= 4 is 5.91 Å². The normalized spacial score (nSPS) is 13.1. The highest BCUT2D eigenvalue weighted by atomic mass is 16.5. The molecule has 3 heterocycles. The van der Waals surface area contributed by atoms with Crippen molar-refractivity contribution in [1.82, 2.24) is 24.6 Å². The third kappa shape index (κ3) is 6.00. The van der Waals surface area contributed by atoms with Gasteiger partial charge in [0.25, 0.3) is 5.91 Å². The fourth-order valence-electron chi connectivity index (χ4n) is 4.63. The van der Waals surface area contributed by atoms with Crippen molar-refractivity contribution in [2.24, 2.45) is 0 Å². The second-order valence-corrected chi connectivity index (χ2v) is 9.73. The number of hydrogen-bond acceptors (Lipinski definition) is 7. The molecule has 0 atom stereocenters. The standard InChI is InChI=1S/C30H33N5O4/c1-21(2)23-5-3-22(4-6-23)19-39-25-9-7-24(8-10-25)27-28(26-11-12-31-20-32-26)33-35-14-13-34(30(37)29(27)35)15-17-38-18-16-36/h3-12,20-21,36H,13-19H2,1-2H3. The molecule has 1 aliphatic rings. The first-order chi connectivity index (χ1) is 19.0. The molecule has 1 aliphatic heterocycles. The predicted octanol–water partition coefficient (Wildman–Crippen LogP) is 4.17. The number of carbonyl (C=O) groups excluding carboxylic acids is 1. The van der Waals surface area contributed by atoms with Crippen LogP contribution in [0.2, 0.25) is 0 Å². The molecule has 9 nitrogen and oxygen atoms in total. The fraction of sp³-hybridized carbons (Fsp3) is 0.333. The first-order valence-electron chi connectivity index (χ1n) is 13.2. The molecule has 0 radical (unpaired) electrons. The van der Waals surface area contributed by atoms with Crippen molar-refractivity contribution in [3.8, 4) is 28.3 Å². The maximum absolute atomic E-state index is 13.6. The summed E-state index contributed by atoms with van der Waals surface area (Å²) in [6.45, 7) is 6.94. The van der Waals surface area contributed by atoms with Crippen LogP contribution >= 0.6 is 0 Å². The van der Waals surface area contributed by atoms with Crippen LogP contribution < -0.4 is 4.74 Å². The van der Waals surface area contributed by atoms with E-state index in [1.807, 2.05) is 24.3 Å². The van der Waals surface area contributed by atoms with Crippen LogP contribution in [-0.4, -0.2) is 68.6 Å². The number of carbonyl (C=O) groups is 1. The average molecular weight is 528 g/mol. The molecule has 1 N–H and O–H groups in total. The maximum Gasteiger partial charge on any atom is 0.272 e. The highest BCUT2D eigenvalue weighted by Gasteiger charge is 2.32. The molecule has 4 aromatic rings. The summed E-state index contributed by atoms with van der Waals surface area (Å²) in [6.07, 6.45) is 3.15. The van der Waals surface area contributed by atoms with Gasteiger partial charge in [-0.05, 0) is 40.8 Å². The van der Waals surface area contributed by atoms with E-state index in [0.29, 0.717) is 55.8 Å². The van der Waals surface area contributed by atoms with Crippen molar-refractivity contribution in [2.75, 3.05) is 32.9 Å². The van der Waals surface area contributed by atoms with E-state index < -0.39 is 0 Å². The molecule has 39 heavy (non-hydrogen) atoms. The molecule has 0 saturated carbocycles. The summed E-state index contributed by atoms with van der Waals surface area (Å²) in [5, 5.41) is 13.8. The van der Waals surface area contributed by atoms with Gasteiger partial charge in [0.2, 0.25) is 0 Å². The molecule has 0 fully saturated rings. The Kier molecular flexibility index (Phi) is 8.29. The van der Waals surface area contributed by atoms with Crippen LogP contribution in [0.3, 0.4) is 0 Å². The Morgan fingerprint density at radius 3 is 2.49 bits per heavy atom. The minimum atomic E-state index is -0.109.